The van der Waals surface area contributed by atoms with Crippen LogP contribution in [0.25, 0.3) is 0 Å². The van der Waals surface area contributed by atoms with Crippen molar-refractivity contribution in [3.63, 3.8) is 0 Å². The molecule has 1 aromatic rings. The highest BCUT2D eigenvalue weighted by Crippen LogP contribution is 2.29. The number of nitrogens with one attached hydrogen (secondary N) is 1. The molecule has 2 N–H and O–H groups in total. The van der Waals surface area contributed by atoms with Crippen molar-refractivity contribution in [3.8, 4) is 0 Å². The topological polar surface area (TPSA) is 66.4 Å². The minimum atomic E-state index is -1.11. The molecule has 0 heterocycles. The number of carboxylic acids is 1. The predicted octanol–water partition coefficient (Wildman–Crippen LogP) is 3.21. The van der Waals surface area contributed by atoms with E-state index < -0.39 is 11.5 Å². The van der Waals surface area contributed by atoms with Crippen molar-refractivity contribution in [2.45, 2.75) is 49.0 Å². The molecular weight excluding hydrogens is 305 g/mol. The number of carbonyl (C=O) groups is 2. The van der Waals surface area contributed by atoms with E-state index in [0.717, 1.165) is 19.3 Å². The molecule has 22 heavy (non-hydrogen) atoms. The summed E-state index contributed by atoms with van der Waals surface area (Å²) in [4.78, 5) is 24.0. The van der Waals surface area contributed by atoms with Crippen LogP contribution in [0.1, 0.15) is 38.5 Å². The molecule has 0 aromatic heterocycles. The molecule has 0 spiro atoms. The second-order valence-electron chi connectivity index (χ2n) is 5.52. The fourth-order valence-corrected chi connectivity index (χ4v) is 3.58. The molecule has 1 fully saturated rings. The van der Waals surface area contributed by atoms with E-state index in [-0.39, 0.29) is 18.1 Å². The molecule has 2 rings (SSSR count). The lowest BCUT2D eigenvalue weighted by Crippen LogP contribution is -2.55. The zero-order chi connectivity index (χ0) is 16.0. The second-order valence-corrected chi connectivity index (χ2v) is 6.66. The fourth-order valence-electron chi connectivity index (χ4n) is 2.69. The maximum Gasteiger partial charge on any atom is 0.329 e. The van der Waals surface area contributed by atoms with Crippen molar-refractivity contribution < 1.29 is 19.1 Å². The molecule has 0 atom stereocenters. The molecule has 4 nitrogen and oxygen atoms in total. The second kappa shape index (κ2) is 7.63. The lowest BCUT2D eigenvalue weighted by atomic mass is 9.81. The van der Waals surface area contributed by atoms with Gasteiger partial charge in [-0.2, -0.15) is 0 Å². The largest absolute Gasteiger partial charge is 0.480 e. The van der Waals surface area contributed by atoms with Crippen LogP contribution in [0.4, 0.5) is 4.39 Å². The number of carbonyl (C=O) groups excluding carboxylic acids is 1. The lowest BCUT2D eigenvalue weighted by molar-refractivity contribution is -0.149. The smallest absolute Gasteiger partial charge is 0.329 e. The van der Waals surface area contributed by atoms with Gasteiger partial charge in [-0.25, -0.2) is 9.18 Å². The van der Waals surface area contributed by atoms with Gasteiger partial charge in [0.15, 0.2) is 0 Å². The van der Waals surface area contributed by atoms with Gasteiger partial charge in [0.1, 0.15) is 11.4 Å². The Morgan fingerprint density at radius 2 is 1.91 bits per heavy atom. The number of hydrogen-bond acceptors (Lipinski definition) is 3. The van der Waals surface area contributed by atoms with Crippen LogP contribution in [0.5, 0.6) is 0 Å². The van der Waals surface area contributed by atoms with E-state index >= 15 is 0 Å². The SMILES string of the molecule is O=C(CCSc1ccccc1F)NC1(C(=O)O)CCCCC1. The summed E-state index contributed by atoms with van der Waals surface area (Å²) in [6, 6.07) is 6.40. The van der Waals surface area contributed by atoms with E-state index in [4.69, 9.17) is 0 Å². The molecule has 120 valence electrons. The highest BCUT2D eigenvalue weighted by molar-refractivity contribution is 7.99. The molecule has 0 unspecified atom stereocenters. The van der Waals surface area contributed by atoms with E-state index in [9.17, 15) is 19.1 Å². The Morgan fingerprint density at radius 1 is 1.23 bits per heavy atom. The van der Waals surface area contributed by atoms with Gasteiger partial charge in [-0.05, 0) is 25.0 Å². The zero-order valence-corrected chi connectivity index (χ0v) is 13.1. The Labute approximate surface area is 133 Å². The van der Waals surface area contributed by atoms with Gasteiger partial charge in [-0.1, -0.05) is 31.4 Å². The average molecular weight is 325 g/mol. The van der Waals surface area contributed by atoms with Crippen LogP contribution in [-0.4, -0.2) is 28.3 Å². The minimum Gasteiger partial charge on any atom is -0.480 e. The van der Waals surface area contributed by atoms with Crippen LogP contribution in [0.2, 0.25) is 0 Å². The summed E-state index contributed by atoms with van der Waals surface area (Å²) in [5.41, 5.74) is -1.11. The normalized spacial score (nSPS) is 17.0. The predicted molar refractivity (Wildman–Crippen MR) is 83.3 cm³/mol. The number of thioether (sulfide) groups is 1. The highest BCUT2D eigenvalue weighted by Gasteiger charge is 2.40. The van der Waals surface area contributed by atoms with Crippen molar-refractivity contribution >= 4 is 23.6 Å². The Morgan fingerprint density at radius 3 is 2.55 bits per heavy atom. The molecule has 0 bridgehead atoms. The van der Waals surface area contributed by atoms with Crippen molar-refractivity contribution in [2.75, 3.05) is 5.75 Å². The average Bonchev–Trinajstić information content (AvgIpc) is 2.50. The molecule has 1 aromatic carbocycles. The van der Waals surface area contributed by atoms with Gasteiger partial charge in [0.2, 0.25) is 5.91 Å². The molecular formula is C16H20FNO3S. The number of carboxylic acid groups (broad SMARTS) is 1. The Hall–Kier alpha value is -1.56. The van der Waals surface area contributed by atoms with Crippen molar-refractivity contribution in [2.24, 2.45) is 0 Å². The first-order valence-electron chi connectivity index (χ1n) is 7.45. The van der Waals surface area contributed by atoms with Gasteiger partial charge in [-0.15, -0.1) is 11.8 Å². The Bertz CT molecular complexity index is 544. The summed E-state index contributed by atoms with van der Waals surface area (Å²) in [5.74, 6) is -1.12. The van der Waals surface area contributed by atoms with Gasteiger partial charge in [-0.3, -0.25) is 4.79 Å². The molecule has 1 amide bonds. The third-order valence-corrected chi connectivity index (χ3v) is 4.97. The zero-order valence-electron chi connectivity index (χ0n) is 12.3. The first-order valence-corrected chi connectivity index (χ1v) is 8.44. The third-order valence-electron chi connectivity index (χ3n) is 3.92. The van der Waals surface area contributed by atoms with Gasteiger partial charge >= 0.3 is 5.97 Å². The summed E-state index contributed by atoms with van der Waals surface area (Å²) in [6.45, 7) is 0. The van der Waals surface area contributed by atoms with Gasteiger partial charge in [0.25, 0.3) is 0 Å². The van der Waals surface area contributed by atoms with Crippen LogP contribution in [-0.2, 0) is 9.59 Å². The molecule has 0 aliphatic heterocycles. The lowest BCUT2D eigenvalue weighted by Gasteiger charge is -2.34. The summed E-state index contributed by atoms with van der Waals surface area (Å²) < 4.78 is 13.5. The van der Waals surface area contributed by atoms with Gasteiger partial charge in [0, 0.05) is 17.1 Å². The van der Waals surface area contributed by atoms with E-state index in [0.29, 0.717) is 23.5 Å². The third kappa shape index (κ3) is 4.22. The molecule has 1 aliphatic rings. The van der Waals surface area contributed by atoms with E-state index in [2.05, 4.69) is 5.32 Å². The quantitative estimate of drug-likeness (QED) is 0.788. The standard InChI is InChI=1S/C16H20FNO3S/c17-12-6-2-3-7-13(12)22-11-8-14(19)18-16(15(20)21)9-4-1-5-10-16/h2-3,6-7H,1,4-5,8-11H2,(H,18,19)(H,20,21). The summed E-state index contributed by atoms with van der Waals surface area (Å²) >= 11 is 1.26. The number of halogens is 1. The molecule has 1 saturated carbocycles. The summed E-state index contributed by atoms with van der Waals surface area (Å²) in [5, 5.41) is 12.1. The van der Waals surface area contributed by atoms with Crippen molar-refractivity contribution in [1.29, 1.82) is 0 Å². The van der Waals surface area contributed by atoms with Crippen molar-refractivity contribution in [3.05, 3.63) is 30.1 Å². The number of aliphatic carboxylic acids is 1. The minimum absolute atomic E-state index is 0.175. The first kappa shape index (κ1) is 16.8. The maximum atomic E-state index is 13.5. The molecule has 1 aliphatic carbocycles. The van der Waals surface area contributed by atoms with Crippen LogP contribution in [0.3, 0.4) is 0 Å². The van der Waals surface area contributed by atoms with Crippen LogP contribution >= 0.6 is 11.8 Å². The van der Waals surface area contributed by atoms with Crippen molar-refractivity contribution in [1.82, 2.24) is 5.32 Å². The fraction of sp³-hybridized carbons (Fsp3) is 0.500. The maximum absolute atomic E-state index is 13.5. The molecule has 6 heteroatoms. The Balaban J connectivity index is 1.84. The molecule has 0 radical (unpaired) electrons. The van der Waals surface area contributed by atoms with Gasteiger partial charge in [0.05, 0.1) is 0 Å². The van der Waals surface area contributed by atoms with E-state index in [1.807, 2.05) is 0 Å². The Kier molecular flexibility index (Phi) is 5.83. The van der Waals surface area contributed by atoms with Crippen LogP contribution in [0.15, 0.2) is 29.2 Å². The summed E-state index contributed by atoms with van der Waals surface area (Å²) in [6.07, 6.45) is 3.78. The first-order chi connectivity index (χ1) is 10.5. The molecule has 0 saturated heterocycles. The van der Waals surface area contributed by atoms with Crippen LogP contribution in [0, 0.1) is 5.82 Å². The van der Waals surface area contributed by atoms with Gasteiger partial charge < -0.3 is 10.4 Å². The van der Waals surface area contributed by atoms with Crippen LogP contribution < -0.4 is 5.32 Å². The number of amides is 1. The van der Waals surface area contributed by atoms with E-state index in [1.165, 1.54) is 17.8 Å². The number of rotatable bonds is 6. The monoisotopic (exact) mass is 325 g/mol. The highest BCUT2D eigenvalue weighted by atomic mass is 32.2. The number of hydrogen-bond donors (Lipinski definition) is 2. The number of benzene rings is 1. The summed E-state index contributed by atoms with van der Waals surface area (Å²) in [7, 11) is 0. The van der Waals surface area contributed by atoms with E-state index in [1.54, 1.807) is 18.2 Å².